The maximum atomic E-state index is 11.7. The first-order valence-electron chi connectivity index (χ1n) is 6.17. The number of aromatic amines is 1. The van der Waals surface area contributed by atoms with Crippen molar-refractivity contribution in [3.8, 4) is 0 Å². The summed E-state index contributed by atoms with van der Waals surface area (Å²) in [7, 11) is 0. The first-order valence-corrected chi connectivity index (χ1v) is 6.17. The van der Waals surface area contributed by atoms with Crippen LogP contribution in [0, 0.1) is 0 Å². The predicted molar refractivity (Wildman–Crippen MR) is 72.2 cm³/mol. The molecule has 2 amide bonds. The van der Waals surface area contributed by atoms with E-state index in [-0.39, 0.29) is 18.2 Å². The Labute approximate surface area is 114 Å². The number of nitrogens with one attached hydrogen (secondary N) is 3. The summed E-state index contributed by atoms with van der Waals surface area (Å²) in [5.41, 5.74) is 1.80. The Kier molecular flexibility index (Phi) is 4.19. The number of carbonyl (C=O) groups is 2. The minimum atomic E-state index is -0.517. The third kappa shape index (κ3) is 3.71. The molecule has 7 heteroatoms. The highest BCUT2D eigenvalue weighted by Crippen LogP contribution is 2.12. The fourth-order valence-electron chi connectivity index (χ4n) is 1.80. The molecule has 0 unspecified atom stereocenters. The number of fused-ring (bicyclic) bond motifs is 1. The normalized spacial score (nSPS) is 10.4. The van der Waals surface area contributed by atoms with Crippen LogP contribution in [0.1, 0.15) is 12.5 Å². The van der Waals surface area contributed by atoms with Crippen LogP contribution in [0.2, 0.25) is 0 Å². The average molecular weight is 277 g/mol. The van der Waals surface area contributed by atoms with E-state index in [1.54, 1.807) is 18.2 Å². The van der Waals surface area contributed by atoms with Gasteiger partial charge in [0.2, 0.25) is 11.8 Å². The largest absolute Gasteiger partial charge is 0.417 e. The van der Waals surface area contributed by atoms with Crippen LogP contribution in [-0.2, 0) is 16.0 Å². The molecule has 0 spiro atoms. The van der Waals surface area contributed by atoms with Crippen LogP contribution in [0.4, 0.5) is 0 Å². The standard InChI is InChI=1S/C13H15N3O4/c1-8(17)14-4-5-15-12(18)7-9-2-3-11-10(6-9)16-13(19)20-11/h2-3,6H,4-5,7H2,1H3,(H,14,17)(H,15,18)(H,16,19). The third-order valence-corrected chi connectivity index (χ3v) is 2.67. The van der Waals surface area contributed by atoms with E-state index in [0.29, 0.717) is 24.2 Å². The highest BCUT2D eigenvalue weighted by atomic mass is 16.4. The highest BCUT2D eigenvalue weighted by molar-refractivity contribution is 5.81. The molecule has 1 aromatic carbocycles. The minimum Gasteiger partial charge on any atom is -0.408 e. The Morgan fingerprint density at radius 1 is 1.25 bits per heavy atom. The fraction of sp³-hybridized carbons (Fsp3) is 0.308. The summed E-state index contributed by atoms with van der Waals surface area (Å²) in [4.78, 5) is 35.9. The van der Waals surface area contributed by atoms with Crippen LogP contribution < -0.4 is 16.4 Å². The number of carbonyl (C=O) groups excluding carboxylic acids is 2. The van der Waals surface area contributed by atoms with Gasteiger partial charge >= 0.3 is 5.76 Å². The van der Waals surface area contributed by atoms with E-state index < -0.39 is 5.76 Å². The molecule has 0 saturated carbocycles. The summed E-state index contributed by atoms with van der Waals surface area (Å²) in [6, 6.07) is 5.08. The molecule has 0 atom stereocenters. The van der Waals surface area contributed by atoms with Crippen molar-refractivity contribution in [1.29, 1.82) is 0 Å². The van der Waals surface area contributed by atoms with Crippen molar-refractivity contribution in [1.82, 2.24) is 15.6 Å². The van der Waals surface area contributed by atoms with Gasteiger partial charge in [0.1, 0.15) is 0 Å². The lowest BCUT2D eigenvalue weighted by Crippen LogP contribution is -2.34. The fourth-order valence-corrected chi connectivity index (χ4v) is 1.80. The molecule has 106 valence electrons. The molecule has 0 bridgehead atoms. The zero-order valence-corrected chi connectivity index (χ0v) is 11.0. The Bertz CT molecular complexity index is 686. The molecule has 0 aliphatic heterocycles. The molecular formula is C13H15N3O4. The average Bonchev–Trinajstić information content (AvgIpc) is 2.74. The highest BCUT2D eigenvalue weighted by Gasteiger charge is 2.06. The number of hydrogen-bond acceptors (Lipinski definition) is 4. The zero-order valence-electron chi connectivity index (χ0n) is 11.0. The summed E-state index contributed by atoms with van der Waals surface area (Å²) in [6.45, 7) is 2.20. The minimum absolute atomic E-state index is 0.131. The number of oxazole rings is 1. The topological polar surface area (TPSA) is 104 Å². The molecule has 1 aromatic heterocycles. The van der Waals surface area contributed by atoms with Crippen molar-refractivity contribution in [3.05, 3.63) is 34.3 Å². The lowest BCUT2D eigenvalue weighted by Gasteiger charge is -2.05. The van der Waals surface area contributed by atoms with E-state index in [1.807, 2.05) is 0 Å². The molecule has 0 aliphatic rings. The maximum Gasteiger partial charge on any atom is 0.417 e. The molecule has 2 aromatic rings. The van der Waals surface area contributed by atoms with Crippen molar-refractivity contribution < 1.29 is 14.0 Å². The van der Waals surface area contributed by atoms with Gasteiger partial charge in [-0.3, -0.25) is 14.6 Å². The van der Waals surface area contributed by atoms with Gasteiger partial charge in [-0.05, 0) is 17.7 Å². The molecule has 20 heavy (non-hydrogen) atoms. The van der Waals surface area contributed by atoms with Gasteiger partial charge < -0.3 is 15.1 Å². The van der Waals surface area contributed by atoms with Gasteiger partial charge in [0, 0.05) is 20.0 Å². The number of amides is 2. The van der Waals surface area contributed by atoms with Gasteiger partial charge in [0.15, 0.2) is 5.58 Å². The molecule has 0 fully saturated rings. The first kappa shape index (κ1) is 13.9. The zero-order chi connectivity index (χ0) is 14.5. The molecule has 1 heterocycles. The number of rotatable bonds is 5. The van der Waals surface area contributed by atoms with Crippen LogP contribution in [0.3, 0.4) is 0 Å². The van der Waals surface area contributed by atoms with Crippen molar-refractivity contribution in [2.24, 2.45) is 0 Å². The number of benzene rings is 1. The SMILES string of the molecule is CC(=O)NCCNC(=O)Cc1ccc2oc(=O)[nH]c2c1. The van der Waals surface area contributed by atoms with Gasteiger partial charge in [-0.15, -0.1) is 0 Å². The number of aromatic nitrogens is 1. The number of hydrogen-bond donors (Lipinski definition) is 3. The van der Waals surface area contributed by atoms with Crippen LogP contribution in [0.25, 0.3) is 11.1 Å². The van der Waals surface area contributed by atoms with Gasteiger partial charge in [-0.25, -0.2) is 4.79 Å². The van der Waals surface area contributed by atoms with Crippen LogP contribution in [0.5, 0.6) is 0 Å². The van der Waals surface area contributed by atoms with E-state index in [2.05, 4.69) is 15.6 Å². The summed E-state index contributed by atoms with van der Waals surface area (Å²) in [6.07, 6.45) is 0.198. The Morgan fingerprint density at radius 3 is 2.75 bits per heavy atom. The monoisotopic (exact) mass is 277 g/mol. The molecule has 0 saturated heterocycles. The van der Waals surface area contributed by atoms with E-state index in [4.69, 9.17) is 4.42 Å². The van der Waals surface area contributed by atoms with E-state index in [1.165, 1.54) is 6.92 Å². The molecule has 0 radical (unpaired) electrons. The van der Waals surface area contributed by atoms with Gasteiger partial charge in [0.25, 0.3) is 0 Å². The Balaban J connectivity index is 1.89. The summed E-state index contributed by atoms with van der Waals surface area (Å²) >= 11 is 0. The molecule has 0 aliphatic carbocycles. The second-order valence-corrected chi connectivity index (χ2v) is 4.35. The van der Waals surface area contributed by atoms with Crippen molar-refractivity contribution in [2.45, 2.75) is 13.3 Å². The summed E-state index contributed by atoms with van der Waals surface area (Å²) in [5.74, 6) is -0.800. The van der Waals surface area contributed by atoms with Gasteiger partial charge in [-0.1, -0.05) is 6.07 Å². The Hall–Kier alpha value is -2.57. The number of H-pyrrole nitrogens is 1. The second-order valence-electron chi connectivity index (χ2n) is 4.35. The molecule has 7 nitrogen and oxygen atoms in total. The molecular weight excluding hydrogens is 262 g/mol. The summed E-state index contributed by atoms with van der Waals surface area (Å²) in [5, 5.41) is 5.28. The van der Waals surface area contributed by atoms with Crippen LogP contribution in [-0.4, -0.2) is 29.9 Å². The Morgan fingerprint density at radius 2 is 2.00 bits per heavy atom. The van der Waals surface area contributed by atoms with E-state index in [9.17, 15) is 14.4 Å². The lowest BCUT2D eigenvalue weighted by atomic mass is 10.1. The van der Waals surface area contributed by atoms with Crippen molar-refractivity contribution >= 4 is 22.9 Å². The van der Waals surface area contributed by atoms with Crippen LogP contribution in [0.15, 0.2) is 27.4 Å². The van der Waals surface area contributed by atoms with E-state index >= 15 is 0 Å². The van der Waals surface area contributed by atoms with Crippen molar-refractivity contribution in [2.75, 3.05) is 13.1 Å². The van der Waals surface area contributed by atoms with Crippen molar-refractivity contribution in [3.63, 3.8) is 0 Å². The van der Waals surface area contributed by atoms with Gasteiger partial charge in [-0.2, -0.15) is 0 Å². The molecule has 3 N–H and O–H groups in total. The maximum absolute atomic E-state index is 11.7. The second kappa shape index (κ2) is 6.05. The lowest BCUT2D eigenvalue weighted by molar-refractivity contribution is -0.121. The molecule has 2 rings (SSSR count). The third-order valence-electron chi connectivity index (χ3n) is 2.67. The first-order chi connectivity index (χ1) is 9.54. The quantitative estimate of drug-likeness (QED) is 0.665. The predicted octanol–water partition coefficient (Wildman–Crippen LogP) is -0.0841. The smallest absolute Gasteiger partial charge is 0.408 e. The van der Waals surface area contributed by atoms with E-state index in [0.717, 1.165) is 5.56 Å². The summed E-state index contributed by atoms with van der Waals surface area (Å²) < 4.78 is 4.88. The van der Waals surface area contributed by atoms with Crippen LogP contribution >= 0.6 is 0 Å². The van der Waals surface area contributed by atoms with Gasteiger partial charge in [0.05, 0.1) is 11.9 Å².